The van der Waals surface area contributed by atoms with E-state index in [0.29, 0.717) is 27.1 Å². The number of thioether (sulfide) groups is 1. The highest BCUT2D eigenvalue weighted by atomic mass is 35.5. The van der Waals surface area contributed by atoms with Crippen molar-refractivity contribution in [2.75, 3.05) is 4.90 Å². The predicted octanol–water partition coefficient (Wildman–Crippen LogP) is 7.29. The summed E-state index contributed by atoms with van der Waals surface area (Å²) in [5.41, 5.74) is 0.909. The van der Waals surface area contributed by atoms with Crippen molar-refractivity contribution in [3.05, 3.63) is 80.1 Å². The van der Waals surface area contributed by atoms with Crippen molar-refractivity contribution in [2.45, 2.75) is 0 Å². The molecule has 0 spiro atoms. The molecule has 3 aromatic rings. The fourth-order valence-corrected chi connectivity index (χ4v) is 3.97. The molecule has 1 aromatic heterocycles. The monoisotopic (exact) mass is 467 g/mol. The van der Waals surface area contributed by atoms with Crippen LogP contribution < -0.4 is 4.90 Å². The molecule has 4 rings (SSSR count). The number of amides is 2. The molecule has 4 nitrogen and oxygen atoms in total. The second-order valence-corrected chi connectivity index (χ2v) is 8.16. The molecular formula is C20H9Cl3FNO3S. The fourth-order valence-electron chi connectivity index (χ4n) is 2.68. The number of hydrogen-bond donors (Lipinski definition) is 0. The van der Waals surface area contributed by atoms with Gasteiger partial charge < -0.3 is 4.42 Å². The summed E-state index contributed by atoms with van der Waals surface area (Å²) in [6, 6.07) is 12.1. The zero-order valence-corrected chi connectivity index (χ0v) is 17.4. The van der Waals surface area contributed by atoms with Gasteiger partial charge >= 0.3 is 0 Å². The Morgan fingerprint density at radius 2 is 1.72 bits per heavy atom. The highest BCUT2D eigenvalue weighted by molar-refractivity contribution is 8.19. The molecule has 0 atom stereocenters. The van der Waals surface area contributed by atoms with Gasteiger partial charge in [0.2, 0.25) is 0 Å². The minimum atomic E-state index is -0.636. The first-order valence-electron chi connectivity index (χ1n) is 8.12. The first-order chi connectivity index (χ1) is 13.8. The molecule has 0 unspecified atom stereocenters. The topological polar surface area (TPSA) is 50.5 Å². The molecule has 1 saturated heterocycles. The van der Waals surface area contributed by atoms with Crippen molar-refractivity contribution in [3.63, 3.8) is 0 Å². The van der Waals surface area contributed by atoms with E-state index in [2.05, 4.69) is 0 Å². The summed E-state index contributed by atoms with van der Waals surface area (Å²) in [6.07, 6.45) is 1.47. The van der Waals surface area contributed by atoms with Crippen LogP contribution in [0.2, 0.25) is 15.1 Å². The number of furan rings is 1. The Kier molecular flexibility index (Phi) is 5.44. The lowest BCUT2D eigenvalue weighted by molar-refractivity contribution is -0.113. The molecule has 2 heterocycles. The van der Waals surface area contributed by atoms with E-state index in [9.17, 15) is 14.0 Å². The van der Waals surface area contributed by atoms with Gasteiger partial charge in [-0.3, -0.25) is 9.59 Å². The molecule has 1 fully saturated rings. The summed E-state index contributed by atoms with van der Waals surface area (Å²) >= 11 is 18.5. The van der Waals surface area contributed by atoms with Gasteiger partial charge in [0, 0.05) is 11.6 Å². The Hall–Kier alpha value is -2.25. The minimum Gasteiger partial charge on any atom is -0.457 e. The first-order valence-corrected chi connectivity index (χ1v) is 10.1. The van der Waals surface area contributed by atoms with Crippen LogP contribution >= 0.6 is 46.6 Å². The van der Waals surface area contributed by atoms with Crippen LogP contribution in [0.25, 0.3) is 17.4 Å². The van der Waals surface area contributed by atoms with Crippen molar-refractivity contribution in [3.8, 4) is 11.3 Å². The van der Waals surface area contributed by atoms with Gasteiger partial charge in [0.05, 0.1) is 25.7 Å². The lowest BCUT2D eigenvalue weighted by Gasteiger charge is -2.12. The second kappa shape index (κ2) is 7.88. The van der Waals surface area contributed by atoms with Gasteiger partial charge in [0.15, 0.2) is 0 Å². The van der Waals surface area contributed by atoms with Crippen LogP contribution in [-0.4, -0.2) is 11.1 Å². The number of carbonyl (C=O) groups is 2. The molecule has 146 valence electrons. The largest absolute Gasteiger partial charge is 0.457 e. The van der Waals surface area contributed by atoms with Crippen molar-refractivity contribution < 1.29 is 18.4 Å². The minimum absolute atomic E-state index is 0.172. The number of hydrogen-bond acceptors (Lipinski definition) is 4. The number of nitrogens with zero attached hydrogens (tertiary/aromatic N) is 1. The lowest BCUT2D eigenvalue weighted by Crippen LogP contribution is -2.27. The predicted molar refractivity (Wildman–Crippen MR) is 114 cm³/mol. The van der Waals surface area contributed by atoms with Crippen LogP contribution in [0.1, 0.15) is 5.76 Å². The number of anilines is 1. The maximum atomic E-state index is 13.4. The Morgan fingerprint density at radius 3 is 2.45 bits per heavy atom. The van der Waals surface area contributed by atoms with E-state index in [0.717, 1.165) is 22.7 Å². The van der Waals surface area contributed by atoms with Crippen LogP contribution in [0.4, 0.5) is 14.9 Å². The molecule has 0 N–H and O–H groups in total. The van der Waals surface area contributed by atoms with Gasteiger partial charge in [-0.05, 0) is 60.3 Å². The molecule has 1 aliphatic rings. The summed E-state index contributed by atoms with van der Waals surface area (Å²) < 4.78 is 19.1. The summed E-state index contributed by atoms with van der Waals surface area (Å²) in [5, 5.41) is 0.126. The molecule has 9 heteroatoms. The number of benzene rings is 2. The van der Waals surface area contributed by atoms with Crippen LogP contribution in [-0.2, 0) is 4.79 Å². The zero-order valence-electron chi connectivity index (χ0n) is 14.3. The van der Waals surface area contributed by atoms with Crippen molar-refractivity contribution in [1.82, 2.24) is 0 Å². The Labute approximate surface area is 183 Å². The van der Waals surface area contributed by atoms with Crippen LogP contribution in [0.5, 0.6) is 0 Å². The Bertz CT molecular complexity index is 1190. The highest BCUT2D eigenvalue weighted by Gasteiger charge is 2.36. The maximum absolute atomic E-state index is 13.4. The number of carbonyl (C=O) groups excluding carboxylic acids is 2. The van der Waals surface area contributed by atoms with E-state index >= 15 is 0 Å². The van der Waals surface area contributed by atoms with Gasteiger partial charge in [0.1, 0.15) is 17.3 Å². The summed E-state index contributed by atoms with van der Waals surface area (Å²) in [7, 11) is 0. The molecule has 0 aliphatic carbocycles. The molecule has 2 amide bonds. The van der Waals surface area contributed by atoms with Crippen molar-refractivity contribution in [1.29, 1.82) is 0 Å². The van der Waals surface area contributed by atoms with E-state index in [4.69, 9.17) is 39.2 Å². The van der Waals surface area contributed by atoms with E-state index in [1.54, 1.807) is 30.3 Å². The molecule has 29 heavy (non-hydrogen) atoms. The van der Waals surface area contributed by atoms with Crippen LogP contribution in [0, 0.1) is 5.82 Å². The molecule has 2 aromatic carbocycles. The third-order valence-electron chi connectivity index (χ3n) is 4.06. The second-order valence-electron chi connectivity index (χ2n) is 5.95. The van der Waals surface area contributed by atoms with Gasteiger partial charge in [-0.1, -0.05) is 34.8 Å². The first kappa shape index (κ1) is 20.0. The van der Waals surface area contributed by atoms with E-state index in [1.807, 2.05) is 0 Å². The van der Waals surface area contributed by atoms with Gasteiger partial charge in [-0.15, -0.1) is 0 Å². The quantitative estimate of drug-likeness (QED) is 0.379. The standard InChI is InChI=1S/C20H9Cl3FNO3S/c21-13-4-1-10(7-14(13)22)17-6-3-12(28-17)9-18-19(26)25(20(27)29-18)11-2-5-16(24)15(23)8-11/h1-9H/b18-9+. The average molecular weight is 469 g/mol. The number of imide groups is 1. The Morgan fingerprint density at radius 1 is 0.931 bits per heavy atom. The average Bonchev–Trinajstić information content (AvgIpc) is 3.25. The van der Waals surface area contributed by atoms with Crippen LogP contribution in [0.3, 0.4) is 0 Å². The van der Waals surface area contributed by atoms with Gasteiger partial charge in [-0.2, -0.15) is 0 Å². The molecule has 0 saturated carbocycles. The van der Waals surface area contributed by atoms with Crippen LogP contribution in [0.15, 0.2) is 57.9 Å². The number of rotatable bonds is 3. The lowest BCUT2D eigenvalue weighted by atomic mass is 10.2. The van der Waals surface area contributed by atoms with E-state index < -0.39 is 17.0 Å². The maximum Gasteiger partial charge on any atom is 0.298 e. The normalized spacial score (nSPS) is 15.6. The van der Waals surface area contributed by atoms with Gasteiger partial charge in [-0.25, -0.2) is 9.29 Å². The third-order valence-corrected chi connectivity index (χ3v) is 5.96. The molecular weight excluding hydrogens is 460 g/mol. The van der Waals surface area contributed by atoms with Crippen molar-refractivity contribution >= 4 is 69.5 Å². The van der Waals surface area contributed by atoms with E-state index in [-0.39, 0.29) is 15.6 Å². The van der Waals surface area contributed by atoms with Gasteiger partial charge in [0.25, 0.3) is 11.1 Å². The van der Waals surface area contributed by atoms with E-state index in [1.165, 1.54) is 18.2 Å². The van der Waals surface area contributed by atoms with Crippen molar-refractivity contribution in [2.24, 2.45) is 0 Å². The molecule has 1 aliphatic heterocycles. The smallest absolute Gasteiger partial charge is 0.298 e. The summed E-state index contributed by atoms with van der Waals surface area (Å²) in [6.45, 7) is 0. The summed E-state index contributed by atoms with van der Waals surface area (Å²) in [4.78, 5) is 26.1. The third kappa shape index (κ3) is 3.94. The SMILES string of the molecule is O=C1S/C(=C/c2ccc(-c3ccc(Cl)c(Cl)c3)o2)C(=O)N1c1ccc(F)c(Cl)c1. The highest BCUT2D eigenvalue weighted by Crippen LogP contribution is 2.37. The Balaban J connectivity index is 1.61. The summed E-state index contributed by atoms with van der Waals surface area (Å²) in [5.74, 6) is -0.272. The fraction of sp³-hybridized carbons (Fsp3) is 0. The zero-order chi connectivity index (χ0) is 20.7. The number of halogens is 4. The molecule has 0 bridgehead atoms. The molecule has 0 radical (unpaired) electrons.